The van der Waals surface area contributed by atoms with Gasteiger partial charge in [0, 0.05) is 41.4 Å². The van der Waals surface area contributed by atoms with E-state index in [1.54, 1.807) is 37.0 Å². The smallest absolute Gasteiger partial charge is 0.249 e. The standard InChI is InChI=1S/C28H33F3N4O4S/c1-39-19-2-3-22-20(14-19)25(17(15-32)16-33-22)23(36)4-5-28(27(37)34-38)6-8-35(9-7-28)10-11-40-24-13-18(29)12-21(30)26(24)31/h2-3,12-14,16,23,36,38H,4-11,15,32H2,1H3,(H,34,37)/t23-/m1/s1. The van der Waals surface area contributed by atoms with Crippen LogP contribution >= 0.6 is 11.8 Å². The number of rotatable bonds is 11. The van der Waals surface area contributed by atoms with E-state index in [1.807, 2.05) is 0 Å². The lowest BCUT2D eigenvalue weighted by molar-refractivity contribution is -0.143. The molecule has 1 fully saturated rings. The number of aliphatic hydroxyl groups is 1. The van der Waals surface area contributed by atoms with Crippen LogP contribution in [0.15, 0.2) is 41.4 Å². The van der Waals surface area contributed by atoms with Gasteiger partial charge in [0.1, 0.15) is 11.6 Å². The molecule has 0 spiro atoms. The minimum absolute atomic E-state index is 0.0874. The van der Waals surface area contributed by atoms with E-state index in [9.17, 15) is 28.3 Å². The summed E-state index contributed by atoms with van der Waals surface area (Å²) in [6, 6.07) is 6.87. The molecular formula is C28H33F3N4O4S. The number of pyridine rings is 1. The summed E-state index contributed by atoms with van der Waals surface area (Å²) in [6.45, 7) is 1.74. The first kappa shape index (κ1) is 30.1. The molecule has 1 aliphatic heterocycles. The van der Waals surface area contributed by atoms with Crippen LogP contribution in [0, 0.1) is 22.9 Å². The summed E-state index contributed by atoms with van der Waals surface area (Å²) < 4.78 is 46.2. The lowest BCUT2D eigenvalue weighted by atomic mass is 9.73. The van der Waals surface area contributed by atoms with Crippen LogP contribution < -0.4 is 16.0 Å². The first-order valence-corrected chi connectivity index (χ1v) is 14.0. The number of carbonyl (C=O) groups excluding carboxylic acids is 1. The van der Waals surface area contributed by atoms with Crippen molar-refractivity contribution in [3.05, 3.63) is 65.1 Å². The maximum absolute atomic E-state index is 13.9. The zero-order valence-corrected chi connectivity index (χ0v) is 22.9. The van der Waals surface area contributed by atoms with Gasteiger partial charge in [0.15, 0.2) is 11.6 Å². The SMILES string of the molecule is COc1ccc2ncc(CN)c([C@H](O)CCC3(C(=O)NO)CCN(CCSc4cc(F)cc(F)c4F)CC3)c2c1. The van der Waals surface area contributed by atoms with E-state index in [0.717, 1.165) is 23.2 Å². The first-order valence-electron chi connectivity index (χ1n) is 13.0. The van der Waals surface area contributed by atoms with Gasteiger partial charge in [0.05, 0.1) is 24.1 Å². The number of halogens is 3. The number of benzene rings is 2. The highest BCUT2D eigenvalue weighted by atomic mass is 32.2. The maximum Gasteiger partial charge on any atom is 0.249 e. The Bertz CT molecular complexity index is 1350. The fourth-order valence-electron chi connectivity index (χ4n) is 5.31. The van der Waals surface area contributed by atoms with Crippen LogP contribution in [0.3, 0.4) is 0 Å². The number of hydrogen-bond acceptors (Lipinski definition) is 8. The van der Waals surface area contributed by atoms with Gasteiger partial charge in [-0.15, -0.1) is 11.8 Å². The van der Waals surface area contributed by atoms with Gasteiger partial charge < -0.3 is 20.5 Å². The van der Waals surface area contributed by atoms with Crippen molar-refractivity contribution in [1.29, 1.82) is 0 Å². The van der Waals surface area contributed by atoms with Gasteiger partial charge in [-0.25, -0.2) is 18.7 Å². The number of hydrogen-bond donors (Lipinski definition) is 4. The number of carbonyl (C=O) groups is 1. The first-order chi connectivity index (χ1) is 19.2. The summed E-state index contributed by atoms with van der Waals surface area (Å²) >= 11 is 1.03. The average molecular weight is 579 g/mol. The van der Waals surface area contributed by atoms with Crippen LogP contribution in [0.4, 0.5) is 13.2 Å². The largest absolute Gasteiger partial charge is 0.497 e. The van der Waals surface area contributed by atoms with Crippen molar-refractivity contribution in [2.24, 2.45) is 11.1 Å². The lowest BCUT2D eigenvalue weighted by Gasteiger charge is -2.40. The zero-order chi connectivity index (χ0) is 28.9. The van der Waals surface area contributed by atoms with E-state index in [2.05, 4.69) is 9.88 Å². The molecular weight excluding hydrogens is 545 g/mol. The summed E-state index contributed by atoms with van der Waals surface area (Å²) in [6.07, 6.45) is 2.12. The van der Waals surface area contributed by atoms with Crippen LogP contribution in [-0.4, -0.2) is 58.6 Å². The monoisotopic (exact) mass is 578 g/mol. The molecule has 216 valence electrons. The Kier molecular flexibility index (Phi) is 9.90. The number of piperidine rings is 1. The molecule has 0 aliphatic carbocycles. The molecule has 1 atom stereocenters. The number of fused-ring (bicyclic) bond motifs is 1. The molecule has 2 aromatic carbocycles. The van der Waals surface area contributed by atoms with E-state index < -0.39 is 34.9 Å². The molecule has 1 aromatic heterocycles. The second kappa shape index (κ2) is 13.2. The minimum Gasteiger partial charge on any atom is -0.497 e. The van der Waals surface area contributed by atoms with Gasteiger partial charge in [0.25, 0.3) is 0 Å². The van der Waals surface area contributed by atoms with Crippen LogP contribution in [0.2, 0.25) is 0 Å². The molecule has 4 rings (SSSR count). The Morgan fingerprint density at radius 2 is 2.00 bits per heavy atom. The van der Waals surface area contributed by atoms with Gasteiger partial charge >= 0.3 is 0 Å². The number of aliphatic hydroxyl groups excluding tert-OH is 1. The number of likely N-dealkylation sites (tertiary alicyclic amines) is 1. The van der Waals surface area contributed by atoms with Crippen LogP contribution in [-0.2, 0) is 11.3 Å². The number of aromatic nitrogens is 1. The fourth-order valence-corrected chi connectivity index (χ4v) is 6.30. The number of ether oxygens (including phenoxy) is 1. The number of thioether (sulfide) groups is 1. The van der Waals surface area contributed by atoms with Gasteiger partial charge in [0.2, 0.25) is 5.91 Å². The maximum atomic E-state index is 13.9. The van der Waals surface area contributed by atoms with Gasteiger partial charge in [-0.05, 0) is 74.2 Å². The van der Waals surface area contributed by atoms with Gasteiger partial charge in [-0.1, -0.05) is 0 Å². The third-order valence-corrected chi connectivity index (χ3v) is 8.66. The van der Waals surface area contributed by atoms with Crippen molar-refractivity contribution >= 4 is 28.6 Å². The molecule has 8 nitrogen and oxygen atoms in total. The highest BCUT2D eigenvalue weighted by molar-refractivity contribution is 7.99. The summed E-state index contributed by atoms with van der Waals surface area (Å²) in [5.41, 5.74) is 8.87. The molecule has 3 aromatic rings. The second-order valence-corrected chi connectivity index (χ2v) is 11.1. The van der Waals surface area contributed by atoms with Crippen LogP contribution in [0.5, 0.6) is 5.75 Å². The van der Waals surface area contributed by atoms with E-state index >= 15 is 0 Å². The molecule has 40 heavy (non-hydrogen) atoms. The Morgan fingerprint density at radius 1 is 1.25 bits per heavy atom. The Hall–Kier alpha value is -2.90. The zero-order valence-electron chi connectivity index (χ0n) is 22.1. The fraction of sp³-hybridized carbons (Fsp3) is 0.429. The summed E-state index contributed by atoms with van der Waals surface area (Å²) in [5.74, 6) is -2.62. The number of nitrogens with two attached hydrogens (primary N) is 1. The molecule has 12 heteroatoms. The predicted octanol–water partition coefficient (Wildman–Crippen LogP) is 4.31. The predicted molar refractivity (Wildman–Crippen MR) is 145 cm³/mol. The quantitative estimate of drug-likeness (QED) is 0.115. The molecule has 2 heterocycles. The average Bonchev–Trinajstić information content (AvgIpc) is 2.97. The molecule has 0 unspecified atom stereocenters. The topological polar surface area (TPSA) is 121 Å². The Balaban J connectivity index is 1.42. The van der Waals surface area contributed by atoms with Crippen molar-refractivity contribution in [1.82, 2.24) is 15.4 Å². The normalized spacial score (nSPS) is 16.2. The number of nitrogens with zero attached hydrogens (tertiary/aromatic N) is 2. The molecule has 1 amide bonds. The number of methoxy groups -OCH3 is 1. The summed E-state index contributed by atoms with van der Waals surface area (Å²) in [5, 5.41) is 21.5. The van der Waals surface area contributed by atoms with E-state index in [1.165, 1.54) is 0 Å². The Labute approximate surface area is 234 Å². The highest BCUT2D eigenvalue weighted by Crippen LogP contribution is 2.40. The number of amides is 1. The molecule has 0 saturated carbocycles. The molecule has 5 N–H and O–H groups in total. The van der Waals surface area contributed by atoms with E-state index in [-0.39, 0.29) is 17.9 Å². The molecule has 1 aliphatic rings. The number of hydroxylamine groups is 1. The minimum atomic E-state index is -1.22. The van der Waals surface area contributed by atoms with Crippen molar-refractivity contribution in [2.75, 3.05) is 32.5 Å². The summed E-state index contributed by atoms with van der Waals surface area (Å²) in [4.78, 5) is 19.3. The van der Waals surface area contributed by atoms with Crippen molar-refractivity contribution in [3.8, 4) is 5.75 Å². The number of nitrogens with one attached hydrogen (secondary N) is 1. The third kappa shape index (κ3) is 6.52. The third-order valence-electron chi connectivity index (χ3n) is 7.67. The van der Waals surface area contributed by atoms with E-state index in [4.69, 9.17) is 10.5 Å². The van der Waals surface area contributed by atoms with Crippen molar-refractivity contribution < 1.29 is 33.0 Å². The van der Waals surface area contributed by atoms with Gasteiger partial charge in [-0.2, -0.15) is 0 Å². The van der Waals surface area contributed by atoms with Gasteiger partial charge in [-0.3, -0.25) is 15.0 Å². The molecule has 1 saturated heterocycles. The van der Waals surface area contributed by atoms with Crippen LogP contribution in [0.1, 0.15) is 42.9 Å². The van der Waals surface area contributed by atoms with E-state index in [0.29, 0.717) is 73.1 Å². The molecule has 0 bridgehead atoms. The lowest BCUT2D eigenvalue weighted by Crippen LogP contribution is -2.48. The molecule has 0 radical (unpaired) electrons. The Morgan fingerprint density at radius 3 is 2.67 bits per heavy atom. The second-order valence-electron chi connectivity index (χ2n) is 9.95. The van der Waals surface area contributed by atoms with Crippen molar-refractivity contribution in [3.63, 3.8) is 0 Å². The van der Waals surface area contributed by atoms with Crippen molar-refractivity contribution in [2.45, 2.75) is 43.2 Å². The van der Waals surface area contributed by atoms with Crippen LogP contribution in [0.25, 0.3) is 10.9 Å². The summed E-state index contributed by atoms with van der Waals surface area (Å²) in [7, 11) is 1.55. The highest BCUT2D eigenvalue weighted by Gasteiger charge is 2.41.